The van der Waals surface area contributed by atoms with E-state index in [0.29, 0.717) is 12.8 Å². The molecule has 1 nitrogen and oxygen atoms in total. The largest absolute Gasteiger partial charge is 0.294 e. The number of hydrogen-bond acceptors (Lipinski definition) is 1. The molecule has 0 bridgehead atoms. The fraction of sp³-hybridized carbons (Fsp3) is 0.900. The van der Waals surface area contributed by atoms with Crippen molar-refractivity contribution < 1.29 is 4.79 Å². The van der Waals surface area contributed by atoms with E-state index in [1.54, 1.807) is 0 Å². The van der Waals surface area contributed by atoms with Gasteiger partial charge >= 0.3 is 0 Å². The smallest absolute Gasteiger partial charge is 0.191 e. The lowest BCUT2D eigenvalue weighted by atomic mass is 9.80. The molecule has 0 aromatic heterocycles. The number of rotatable bonds is 2. The van der Waals surface area contributed by atoms with E-state index in [1.807, 2.05) is 13.8 Å². The van der Waals surface area contributed by atoms with E-state index in [4.69, 9.17) is 46.4 Å². The van der Waals surface area contributed by atoms with Gasteiger partial charge in [-0.15, -0.1) is 23.2 Å². The first-order valence-electron chi connectivity index (χ1n) is 4.97. The molecule has 0 saturated heterocycles. The summed E-state index contributed by atoms with van der Waals surface area (Å²) in [5.74, 6) is -0.240. The molecule has 2 unspecified atom stereocenters. The summed E-state index contributed by atoms with van der Waals surface area (Å²) in [6.07, 6.45) is 1.71. The van der Waals surface area contributed by atoms with Gasteiger partial charge in [0.1, 0.15) is 4.87 Å². The fourth-order valence-electron chi connectivity index (χ4n) is 1.89. The molecule has 0 heterocycles. The first-order chi connectivity index (χ1) is 6.72. The highest BCUT2D eigenvalue weighted by Gasteiger charge is 2.54. The number of alkyl halides is 4. The SMILES string of the molecule is CC(C)C(Cl)C1(Cl)CCCC(Cl)(Cl)C1=O. The van der Waals surface area contributed by atoms with Crippen molar-refractivity contribution in [2.45, 2.75) is 47.7 Å². The molecule has 0 aromatic carbocycles. The summed E-state index contributed by atoms with van der Waals surface area (Å²) < 4.78 is -1.37. The minimum atomic E-state index is -1.37. The Morgan fingerprint density at radius 3 is 2.20 bits per heavy atom. The Kier molecular flexibility index (Phi) is 4.26. The Bertz CT molecular complexity index is 264. The van der Waals surface area contributed by atoms with Crippen LogP contribution in [0.25, 0.3) is 0 Å². The third-order valence-corrected chi connectivity index (χ3v) is 5.07. The van der Waals surface area contributed by atoms with Crippen LogP contribution in [-0.4, -0.2) is 20.4 Å². The first kappa shape index (κ1) is 13.9. The van der Waals surface area contributed by atoms with Gasteiger partial charge in [0.2, 0.25) is 0 Å². The van der Waals surface area contributed by atoms with Gasteiger partial charge in [0.05, 0.1) is 5.38 Å². The Morgan fingerprint density at radius 2 is 1.73 bits per heavy atom. The van der Waals surface area contributed by atoms with Crippen LogP contribution in [0.4, 0.5) is 0 Å². The Labute approximate surface area is 110 Å². The monoisotopic (exact) mass is 290 g/mol. The molecule has 1 aliphatic carbocycles. The van der Waals surface area contributed by atoms with Gasteiger partial charge in [-0.2, -0.15) is 0 Å². The van der Waals surface area contributed by atoms with Crippen LogP contribution < -0.4 is 0 Å². The minimum Gasteiger partial charge on any atom is -0.294 e. The average molecular weight is 292 g/mol. The van der Waals surface area contributed by atoms with Crippen molar-refractivity contribution in [2.75, 3.05) is 0 Å². The van der Waals surface area contributed by atoms with E-state index < -0.39 is 14.6 Å². The van der Waals surface area contributed by atoms with Gasteiger partial charge < -0.3 is 0 Å². The number of ketones is 1. The molecule has 0 radical (unpaired) electrons. The molecular weight excluding hydrogens is 278 g/mol. The van der Waals surface area contributed by atoms with Gasteiger partial charge in [0.25, 0.3) is 0 Å². The molecule has 5 heteroatoms. The number of carbonyl (C=O) groups excluding carboxylic acids is 1. The normalized spacial score (nSPS) is 33.1. The third kappa shape index (κ3) is 2.57. The maximum absolute atomic E-state index is 12.0. The van der Waals surface area contributed by atoms with Gasteiger partial charge in [-0.3, -0.25) is 4.79 Å². The summed E-state index contributed by atoms with van der Waals surface area (Å²) in [4.78, 5) is 10.9. The fourth-order valence-corrected chi connectivity index (χ4v) is 3.35. The summed E-state index contributed by atoms with van der Waals surface area (Å²) in [7, 11) is 0. The summed E-state index contributed by atoms with van der Waals surface area (Å²) in [6, 6.07) is 0. The van der Waals surface area contributed by atoms with Crippen molar-refractivity contribution in [3.8, 4) is 0 Å². The maximum atomic E-state index is 12.0. The molecule has 0 spiro atoms. The number of carbonyl (C=O) groups is 1. The van der Waals surface area contributed by atoms with Gasteiger partial charge in [-0.05, 0) is 25.2 Å². The first-order valence-corrected chi connectivity index (χ1v) is 6.54. The van der Waals surface area contributed by atoms with Crippen molar-refractivity contribution in [3.05, 3.63) is 0 Å². The third-order valence-electron chi connectivity index (χ3n) is 2.76. The van der Waals surface area contributed by atoms with E-state index in [2.05, 4.69) is 0 Å². The molecule has 1 rings (SSSR count). The number of hydrogen-bond donors (Lipinski definition) is 0. The molecule has 15 heavy (non-hydrogen) atoms. The molecule has 0 aliphatic heterocycles. The van der Waals surface area contributed by atoms with Crippen molar-refractivity contribution in [1.82, 2.24) is 0 Å². The van der Waals surface area contributed by atoms with Crippen LogP contribution >= 0.6 is 46.4 Å². The second-order valence-electron chi connectivity index (χ2n) is 4.40. The van der Waals surface area contributed by atoms with Crippen LogP contribution in [0.5, 0.6) is 0 Å². The van der Waals surface area contributed by atoms with Crippen LogP contribution in [0.3, 0.4) is 0 Å². The van der Waals surface area contributed by atoms with Gasteiger partial charge in [-0.1, -0.05) is 37.0 Å². The topological polar surface area (TPSA) is 17.1 Å². The molecule has 88 valence electrons. The van der Waals surface area contributed by atoms with Crippen LogP contribution in [0.1, 0.15) is 33.1 Å². The molecular formula is C10H14Cl4O. The van der Waals surface area contributed by atoms with E-state index in [0.717, 1.165) is 6.42 Å². The molecule has 1 fully saturated rings. The molecule has 0 aromatic rings. The zero-order valence-corrected chi connectivity index (χ0v) is 11.7. The average Bonchev–Trinajstić information content (AvgIpc) is 2.12. The number of halogens is 4. The van der Waals surface area contributed by atoms with E-state index in [-0.39, 0.29) is 11.7 Å². The Morgan fingerprint density at radius 1 is 1.20 bits per heavy atom. The van der Waals surface area contributed by atoms with Crippen molar-refractivity contribution >= 4 is 52.2 Å². The molecule has 2 atom stereocenters. The van der Waals surface area contributed by atoms with Gasteiger partial charge in [0.15, 0.2) is 10.1 Å². The van der Waals surface area contributed by atoms with Crippen molar-refractivity contribution in [2.24, 2.45) is 5.92 Å². The zero-order valence-electron chi connectivity index (χ0n) is 8.70. The highest BCUT2D eigenvalue weighted by Crippen LogP contribution is 2.47. The minimum absolute atomic E-state index is 0.107. The molecule has 0 N–H and O–H groups in total. The maximum Gasteiger partial charge on any atom is 0.191 e. The standard InChI is InChI=1S/C10H14Cl4O/c1-6(2)7(11)9(12)4-3-5-10(13,14)8(9)15/h6-7H,3-5H2,1-2H3. The van der Waals surface area contributed by atoms with Gasteiger partial charge in [-0.25, -0.2) is 0 Å². The Hall–Kier alpha value is 0.830. The summed E-state index contributed by atoms with van der Waals surface area (Å²) in [6.45, 7) is 3.85. The lowest BCUT2D eigenvalue weighted by molar-refractivity contribution is -0.124. The Balaban J connectivity index is 2.97. The van der Waals surface area contributed by atoms with Gasteiger partial charge in [0, 0.05) is 0 Å². The second kappa shape index (κ2) is 4.60. The lowest BCUT2D eigenvalue weighted by Gasteiger charge is -2.40. The van der Waals surface area contributed by atoms with E-state index in [9.17, 15) is 4.79 Å². The summed E-state index contributed by atoms with van der Waals surface area (Å²) >= 11 is 24.3. The predicted molar refractivity (Wildman–Crippen MR) is 66.4 cm³/mol. The quantitative estimate of drug-likeness (QED) is 0.699. The highest BCUT2D eigenvalue weighted by atomic mass is 35.5. The lowest BCUT2D eigenvalue weighted by Crippen LogP contribution is -2.53. The van der Waals surface area contributed by atoms with Crippen molar-refractivity contribution in [1.29, 1.82) is 0 Å². The molecule has 0 amide bonds. The van der Waals surface area contributed by atoms with Crippen LogP contribution in [-0.2, 0) is 4.79 Å². The molecule has 1 saturated carbocycles. The van der Waals surface area contributed by atoms with E-state index >= 15 is 0 Å². The molecule has 1 aliphatic rings. The summed E-state index contributed by atoms with van der Waals surface area (Å²) in [5.41, 5.74) is 0. The van der Waals surface area contributed by atoms with E-state index in [1.165, 1.54) is 0 Å². The highest BCUT2D eigenvalue weighted by molar-refractivity contribution is 6.62. The van der Waals surface area contributed by atoms with Crippen LogP contribution in [0, 0.1) is 5.92 Å². The summed E-state index contributed by atoms with van der Waals surface area (Å²) in [5, 5.41) is -0.441. The van der Waals surface area contributed by atoms with Crippen LogP contribution in [0.2, 0.25) is 0 Å². The second-order valence-corrected chi connectivity index (χ2v) is 7.02. The zero-order chi connectivity index (χ0) is 11.9. The predicted octanol–water partition coefficient (Wildman–Crippen LogP) is 4.15. The van der Waals surface area contributed by atoms with Crippen LogP contribution in [0.15, 0.2) is 0 Å². The number of Topliss-reactive ketones (excluding diaryl/α,β-unsaturated/α-hetero) is 1. The van der Waals surface area contributed by atoms with Crippen molar-refractivity contribution in [3.63, 3.8) is 0 Å².